The van der Waals surface area contributed by atoms with E-state index in [1.165, 1.54) is 7.11 Å². The van der Waals surface area contributed by atoms with Crippen molar-refractivity contribution in [2.24, 2.45) is 0 Å². The van der Waals surface area contributed by atoms with Crippen LogP contribution < -0.4 is 0 Å². The molecule has 0 aromatic heterocycles. The Morgan fingerprint density at radius 1 is 0.875 bits per heavy atom. The van der Waals surface area contributed by atoms with Gasteiger partial charge in [-0.25, -0.2) is 0 Å². The average molecular weight is 286 g/mol. The minimum atomic E-state index is -4.45. The van der Waals surface area contributed by atoms with E-state index >= 15 is 0 Å². The van der Waals surface area contributed by atoms with Crippen molar-refractivity contribution in [1.82, 2.24) is 0 Å². The van der Waals surface area contributed by atoms with Gasteiger partial charge in [-0.2, -0.15) is 0 Å². The van der Waals surface area contributed by atoms with Gasteiger partial charge in [-0.3, -0.25) is 0 Å². The van der Waals surface area contributed by atoms with E-state index in [-0.39, 0.29) is 0 Å². The summed E-state index contributed by atoms with van der Waals surface area (Å²) in [5.74, 6) is 0. The maximum absolute atomic E-state index is 9.74. The van der Waals surface area contributed by atoms with E-state index in [1.807, 2.05) is 0 Å². The van der Waals surface area contributed by atoms with Gasteiger partial charge >= 0.3 is 105 Å². The van der Waals surface area contributed by atoms with Crippen molar-refractivity contribution in [3.8, 4) is 0 Å². The molecule has 0 heterocycles. The zero-order valence-electron chi connectivity index (χ0n) is 11.4. The van der Waals surface area contributed by atoms with E-state index in [4.69, 9.17) is 6.33 Å². The molecule has 0 aliphatic heterocycles. The van der Waals surface area contributed by atoms with Crippen LogP contribution in [0.1, 0.15) is 41.5 Å². The van der Waals surface area contributed by atoms with Gasteiger partial charge in [0, 0.05) is 0 Å². The average Bonchev–Trinajstić information content (AvgIpc) is 2.12. The van der Waals surface area contributed by atoms with Gasteiger partial charge in [0.1, 0.15) is 0 Å². The fourth-order valence-corrected chi connectivity index (χ4v) is 13.7. The molecular formula is C10H26O4SiTi. The molecule has 0 amide bonds. The molecule has 0 aliphatic rings. The van der Waals surface area contributed by atoms with E-state index in [9.17, 15) is 7.38 Å². The van der Waals surface area contributed by atoms with Crippen LogP contribution in [-0.4, -0.2) is 22.8 Å². The second kappa shape index (κ2) is 6.09. The Labute approximate surface area is 105 Å². The molecule has 0 radical (unpaired) electrons. The standard InChI is InChI=1S/C9H21OSi.CH3O.2H2O.Ti/c1-7(2)11(10,8(3)4)9(5)6;1-2;;;/h7-9H,1-6H3;1H3;2*1H2;/q2*-1;;;+4/p-2. The maximum atomic E-state index is 9.74. The SMILES string of the molecule is C[O][Ti]([OH])([OH])[O][Si](C(C)C)(C(C)C)C(C)C. The third-order valence-electron chi connectivity index (χ3n) is 3.28. The van der Waals surface area contributed by atoms with E-state index < -0.39 is 26.5 Å². The van der Waals surface area contributed by atoms with Crippen LogP contribution >= 0.6 is 0 Å². The first-order valence-corrected chi connectivity index (χ1v) is 10.6. The monoisotopic (exact) mass is 286 g/mol. The Hall–Kier alpha value is 0.771. The van der Waals surface area contributed by atoms with E-state index in [1.54, 1.807) is 0 Å². The molecular weight excluding hydrogens is 260 g/mol. The van der Waals surface area contributed by atoms with Gasteiger partial charge in [-0.05, 0) is 0 Å². The van der Waals surface area contributed by atoms with Gasteiger partial charge in [0.05, 0.1) is 0 Å². The molecule has 0 saturated carbocycles. The first-order chi connectivity index (χ1) is 7.10. The summed E-state index contributed by atoms with van der Waals surface area (Å²) in [4.78, 5) is 0. The van der Waals surface area contributed by atoms with Crippen LogP contribution in [-0.2, 0) is 24.5 Å². The van der Waals surface area contributed by atoms with Gasteiger partial charge < -0.3 is 0 Å². The summed E-state index contributed by atoms with van der Waals surface area (Å²) in [7, 11) is -0.920. The predicted molar refractivity (Wildman–Crippen MR) is 63.6 cm³/mol. The van der Waals surface area contributed by atoms with E-state index in [2.05, 4.69) is 41.5 Å². The zero-order valence-corrected chi connectivity index (χ0v) is 14.0. The van der Waals surface area contributed by atoms with Crippen LogP contribution in [0.3, 0.4) is 0 Å². The van der Waals surface area contributed by atoms with Crippen LogP contribution in [0.2, 0.25) is 16.6 Å². The molecule has 0 fully saturated rings. The quantitative estimate of drug-likeness (QED) is 0.737. The molecule has 0 rings (SSSR count). The van der Waals surface area contributed by atoms with E-state index in [0.717, 1.165) is 0 Å². The molecule has 0 spiro atoms. The zero-order chi connectivity index (χ0) is 13.1. The molecule has 4 nitrogen and oxygen atoms in total. The Balaban J connectivity index is 5.21. The van der Waals surface area contributed by atoms with Crippen molar-refractivity contribution < 1.29 is 31.8 Å². The van der Waals surface area contributed by atoms with Crippen molar-refractivity contribution in [3.05, 3.63) is 0 Å². The first-order valence-electron chi connectivity index (χ1n) is 5.80. The summed E-state index contributed by atoms with van der Waals surface area (Å²) in [5.41, 5.74) is 0.978. The molecule has 0 saturated heterocycles. The van der Waals surface area contributed by atoms with Crippen molar-refractivity contribution >= 4 is 8.32 Å². The van der Waals surface area contributed by atoms with Crippen LogP contribution in [0, 0.1) is 0 Å². The van der Waals surface area contributed by atoms with Gasteiger partial charge in [0.25, 0.3) is 0 Å². The summed E-state index contributed by atoms with van der Waals surface area (Å²) >= 11 is -4.45. The van der Waals surface area contributed by atoms with Crippen LogP contribution in [0.4, 0.5) is 0 Å². The third kappa shape index (κ3) is 3.63. The predicted octanol–water partition coefficient (Wildman–Crippen LogP) is 2.62. The summed E-state index contributed by atoms with van der Waals surface area (Å²) in [6, 6.07) is 0. The van der Waals surface area contributed by atoms with E-state index in [0.29, 0.717) is 16.6 Å². The topological polar surface area (TPSA) is 58.9 Å². The van der Waals surface area contributed by atoms with Gasteiger partial charge in [-0.15, -0.1) is 0 Å². The van der Waals surface area contributed by atoms with Crippen molar-refractivity contribution in [1.29, 1.82) is 0 Å². The summed E-state index contributed by atoms with van der Waals surface area (Å²) in [6.45, 7) is 12.6. The second-order valence-electron chi connectivity index (χ2n) is 5.17. The Kier molecular flexibility index (Phi) is 6.38. The Morgan fingerprint density at radius 3 is 1.38 bits per heavy atom. The Bertz CT molecular complexity index is 197. The Morgan fingerprint density at radius 2 is 1.19 bits per heavy atom. The normalized spacial score (nSPS) is 14.2. The molecule has 0 aromatic rings. The molecule has 98 valence electrons. The summed E-state index contributed by atoms with van der Waals surface area (Å²) in [6.07, 6.45) is 0. The fraction of sp³-hybridized carbons (Fsp3) is 1.00. The molecule has 0 aliphatic carbocycles. The molecule has 0 aromatic carbocycles. The van der Waals surface area contributed by atoms with Gasteiger partial charge in [0.15, 0.2) is 0 Å². The van der Waals surface area contributed by atoms with Crippen LogP contribution in [0.25, 0.3) is 0 Å². The molecule has 0 unspecified atom stereocenters. The molecule has 2 N–H and O–H groups in total. The van der Waals surface area contributed by atoms with Crippen molar-refractivity contribution in [3.63, 3.8) is 0 Å². The second-order valence-corrected chi connectivity index (χ2v) is 13.9. The molecule has 0 bridgehead atoms. The summed E-state index contributed by atoms with van der Waals surface area (Å²) in [5, 5.41) is 0. The number of hydrogen-bond acceptors (Lipinski definition) is 4. The van der Waals surface area contributed by atoms with Gasteiger partial charge in [0.2, 0.25) is 0 Å². The third-order valence-corrected chi connectivity index (χ3v) is 13.0. The number of hydrogen-bond donors (Lipinski definition) is 2. The van der Waals surface area contributed by atoms with Crippen molar-refractivity contribution in [2.45, 2.75) is 58.2 Å². The molecule has 16 heavy (non-hydrogen) atoms. The first kappa shape index (κ1) is 16.8. The summed E-state index contributed by atoms with van der Waals surface area (Å²) < 4.78 is 30.0. The van der Waals surface area contributed by atoms with Crippen molar-refractivity contribution in [2.75, 3.05) is 7.11 Å². The minimum absolute atomic E-state index is 0.326. The van der Waals surface area contributed by atoms with Gasteiger partial charge in [-0.1, -0.05) is 0 Å². The number of rotatable bonds is 6. The molecule has 0 atom stereocenters. The van der Waals surface area contributed by atoms with Crippen LogP contribution in [0.5, 0.6) is 0 Å². The molecule has 6 heteroatoms. The van der Waals surface area contributed by atoms with Crippen LogP contribution in [0.15, 0.2) is 0 Å². The fourth-order valence-electron chi connectivity index (χ4n) is 2.63.